The summed E-state index contributed by atoms with van der Waals surface area (Å²) in [6.07, 6.45) is 2.31. The van der Waals surface area contributed by atoms with Crippen molar-refractivity contribution >= 4 is 5.97 Å². The van der Waals surface area contributed by atoms with Crippen LogP contribution in [0.25, 0.3) is 0 Å². The number of carbonyl (C=O) groups excluding carboxylic acids is 1. The van der Waals surface area contributed by atoms with Crippen LogP contribution in [-0.2, 0) is 20.9 Å². The van der Waals surface area contributed by atoms with E-state index in [1.165, 1.54) is 7.11 Å². The summed E-state index contributed by atoms with van der Waals surface area (Å²) < 4.78 is 10.8. The Morgan fingerprint density at radius 3 is 2.75 bits per heavy atom. The highest BCUT2D eigenvalue weighted by Crippen LogP contribution is 2.28. The summed E-state index contributed by atoms with van der Waals surface area (Å²) in [5.74, 6) is -0.271. The summed E-state index contributed by atoms with van der Waals surface area (Å²) in [7, 11) is 1.40. The van der Waals surface area contributed by atoms with Crippen LogP contribution in [-0.4, -0.2) is 36.2 Å². The molecule has 0 N–H and O–H groups in total. The first-order valence-electron chi connectivity index (χ1n) is 6.80. The zero-order valence-electron chi connectivity index (χ0n) is 12.0. The molecule has 1 fully saturated rings. The number of rotatable bonds is 5. The van der Waals surface area contributed by atoms with E-state index in [1.807, 2.05) is 35.2 Å². The summed E-state index contributed by atoms with van der Waals surface area (Å²) in [4.78, 5) is 13.9. The van der Waals surface area contributed by atoms with Crippen LogP contribution in [0.5, 0.6) is 0 Å². The van der Waals surface area contributed by atoms with Gasteiger partial charge in [0.15, 0.2) is 6.04 Å². The SMILES string of the molecule is C=CN1C(C(=O)OC)C(OCc2ccccc2)C[C@H]1C. The van der Waals surface area contributed by atoms with Crippen LogP contribution in [0.3, 0.4) is 0 Å². The smallest absolute Gasteiger partial charge is 0.331 e. The first kappa shape index (κ1) is 14.6. The fourth-order valence-corrected chi connectivity index (χ4v) is 2.68. The van der Waals surface area contributed by atoms with Crippen LogP contribution < -0.4 is 0 Å². The van der Waals surface area contributed by atoms with Crippen molar-refractivity contribution in [3.63, 3.8) is 0 Å². The number of carbonyl (C=O) groups is 1. The van der Waals surface area contributed by atoms with Gasteiger partial charge in [-0.3, -0.25) is 0 Å². The van der Waals surface area contributed by atoms with Crippen molar-refractivity contribution in [2.24, 2.45) is 0 Å². The van der Waals surface area contributed by atoms with Crippen LogP contribution in [0.2, 0.25) is 0 Å². The molecule has 2 unspecified atom stereocenters. The lowest BCUT2D eigenvalue weighted by Gasteiger charge is -2.26. The molecular weight excluding hydrogens is 254 g/mol. The molecule has 108 valence electrons. The van der Waals surface area contributed by atoms with Crippen molar-refractivity contribution in [2.75, 3.05) is 7.11 Å². The van der Waals surface area contributed by atoms with E-state index in [-0.39, 0.29) is 18.1 Å². The molecule has 4 heteroatoms. The van der Waals surface area contributed by atoms with E-state index in [4.69, 9.17) is 9.47 Å². The van der Waals surface area contributed by atoms with Gasteiger partial charge in [-0.25, -0.2) is 4.79 Å². The second-order valence-corrected chi connectivity index (χ2v) is 5.02. The van der Waals surface area contributed by atoms with E-state index in [9.17, 15) is 4.79 Å². The Kier molecular flexibility index (Phi) is 4.79. The Balaban J connectivity index is 2.05. The van der Waals surface area contributed by atoms with Crippen LogP contribution in [0.1, 0.15) is 18.9 Å². The molecular formula is C16H21NO3. The Bertz CT molecular complexity index is 460. The van der Waals surface area contributed by atoms with Crippen molar-refractivity contribution in [1.29, 1.82) is 0 Å². The molecule has 0 spiro atoms. The van der Waals surface area contributed by atoms with E-state index in [1.54, 1.807) is 6.20 Å². The van der Waals surface area contributed by atoms with E-state index >= 15 is 0 Å². The van der Waals surface area contributed by atoms with Crippen LogP contribution >= 0.6 is 0 Å². The van der Waals surface area contributed by atoms with Crippen molar-refractivity contribution in [3.8, 4) is 0 Å². The van der Waals surface area contributed by atoms with Crippen molar-refractivity contribution in [2.45, 2.75) is 38.1 Å². The second-order valence-electron chi connectivity index (χ2n) is 5.02. The molecule has 2 rings (SSSR count). The minimum atomic E-state index is -0.406. The Morgan fingerprint density at radius 2 is 2.15 bits per heavy atom. The molecule has 1 aromatic rings. The number of likely N-dealkylation sites (tertiary alicyclic amines) is 1. The highest BCUT2D eigenvalue weighted by molar-refractivity contribution is 5.77. The zero-order valence-corrected chi connectivity index (χ0v) is 12.0. The molecule has 0 bridgehead atoms. The first-order valence-corrected chi connectivity index (χ1v) is 6.80. The largest absolute Gasteiger partial charge is 0.467 e. The second kappa shape index (κ2) is 6.57. The minimum absolute atomic E-state index is 0.171. The highest BCUT2D eigenvalue weighted by Gasteiger charge is 2.43. The fraction of sp³-hybridized carbons (Fsp3) is 0.438. The summed E-state index contributed by atoms with van der Waals surface area (Å²) in [6.45, 7) is 6.33. The van der Waals surface area contributed by atoms with Gasteiger partial charge < -0.3 is 14.4 Å². The number of hydrogen-bond acceptors (Lipinski definition) is 4. The summed E-state index contributed by atoms with van der Waals surface area (Å²) in [5, 5.41) is 0. The summed E-state index contributed by atoms with van der Waals surface area (Å²) in [6, 6.07) is 9.76. The van der Waals surface area contributed by atoms with Crippen molar-refractivity contribution < 1.29 is 14.3 Å². The van der Waals surface area contributed by atoms with Gasteiger partial charge in [0.05, 0.1) is 19.8 Å². The number of esters is 1. The molecule has 1 aliphatic rings. The number of ether oxygens (including phenoxy) is 2. The van der Waals surface area contributed by atoms with Gasteiger partial charge in [-0.2, -0.15) is 0 Å². The molecule has 3 atom stereocenters. The number of methoxy groups -OCH3 is 1. The van der Waals surface area contributed by atoms with E-state index in [0.29, 0.717) is 6.61 Å². The van der Waals surface area contributed by atoms with Crippen molar-refractivity contribution in [3.05, 3.63) is 48.7 Å². The Hall–Kier alpha value is -1.81. The van der Waals surface area contributed by atoms with Gasteiger partial charge >= 0.3 is 5.97 Å². The normalized spacial score (nSPS) is 25.5. The molecule has 1 aromatic carbocycles. The zero-order chi connectivity index (χ0) is 14.5. The maximum absolute atomic E-state index is 12.0. The Morgan fingerprint density at radius 1 is 1.45 bits per heavy atom. The van der Waals surface area contributed by atoms with Gasteiger partial charge in [0.1, 0.15) is 0 Å². The molecule has 1 heterocycles. The van der Waals surface area contributed by atoms with Crippen molar-refractivity contribution in [1.82, 2.24) is 4.90 Å². The first-order chi connectivity index (χ1) is 9.67. The molecule has 0 saturated carbocycles. The minimum Gasteiger partial charge on any atom is -0.467 e. The molecule has 0 amide bonds. The fourth-order valence-electron chi connectivity index (χ4n) is 2.68. The Labute approximate surface area is 120 Å². The quantitative estimate of drug-likeness (QED) is 0.773. The summed E-state index contributed by atoms with van der Waals surface area (Å²) in [5.41, 5.74) is 1.10. The highest BCUT2D eigenvalue weighted by atomic mass is 16.5. The van der Waals surface area contributed by atoms with Crippen LogP contribution in [0, 0.1) is 0 Å². The maximum atomic E-state index is 12.0. The number of benzene rings is 1. The lowest BCUT2D eigenvalue weighted by molar-refractivity contribution is -0.149. The number of hydrogen-bond donors (Lipinski definition) is 0. The molecule has 0 aliphatic carbocycles. The van der Waals surface area contributed by atoms with Gasteiger partial charge in [0.25, 0.3) is 0 Å². The van der Waals surface area contributed by atoms with Gasteiger partial charge in [0, 0.05) is 6.04 Å². The van der Waals surface area contributed by atoms with E-state index in [0.717, 1.165) is 12.0 Å². The van der Waals surface area contributed by atoms with E-state index in [2.05, 4.69) is 13.5 Å². The third-order valence-corrected chi connectivity index (χ3v) is 3.72. The van der Waals surface area contributed by atoms with Gasteiger partial charge in [0.2, 0.25) is 0 Å². The molecule has 1 aliphatic heterocycles. The van der Waals surface area contributed by atoms with Crippen LogP contribution in [0.4, 0.5) is 0 Å². The molecule has 20 heavy (non-hydrogen) atoms. The third-order valence-electron chi connectivity index (χ3n) is 3.72. The van der Waals surface area contributed by atoms with Gasteiger partial charge in [-0.1, -0.05) is 36.9 Å². The average Bonchev–Trinajstić information content (AvgIpc) is 2.81. The van der Waals surface area contributed by atoms with Gasteiger partial charge in [-0.05, 0) is 25.1 Å². The van der Waals surface area contributed by atoms with E-state index < -0.39 is 6.04 Å². The average molecular weight is 275 g/mol. The molecule has 4 nitrogen and oxygen atoms in total. The van der Waals surface area contributed by atoms with Crippen LogP contribution in [0.15, 0.2) is 43.1 Å². The monoisotopic (exact) mass is 275 g/mol. The molecule has 0 radical (unpaired) electrons. The molecule has 0 aromatic heterocycles. The third kappa shape index (κ3) is 3.02. The number of nitrogens with zero attached hydrogens (tertiary/aromatic N) is 1. The lowest BCUT2D eigenvalue weighted by atomic mass is 10.1. The lowest BCUT2D eigenvalue weighted by Crippen LogP contribution is -2.42. The topological polar surface area (TPSA) is 38.8 Å². The summed E-state index contributed by atoms with van der Waals surface area (Å²) >= 11 is 0. The van der Waals surface area contributed by atoms with Gasteiger partial charge in [-0.15, -0.1) is 0 Å². The standard InChI is InChI=1S/C16H21NO3/c1-4-17-12(2)10-14(15(17)16(18)19-3)20-11-13-8-6-5-7-9-13/h4-9,12,14-15H,1,10-11H2,2-3H3/t12-,14?,15?/m1/s1. The molecule has 1 saturated heterocycles. The maximum Gasteiger partial charge on any atom is 0.331 e. The predicted molar refractivity (Wildman–Crippen MR) is 76.9 cm³/mol. The predicted octanol–water partition coefficient (Wildman–Crippen LogP) is 2.35.